The van der Waals surface area contributed by atoms with Crippen LogP contribution in [0.1, 0.15) is 15.9 Å². The van der Waals surface area contributed by atoms with Crippen LogP contribution in [0.25, 0.3) is 0 Å². The Morgan fingerprint density at radius 1 is 0.970 bits per heavy atom. The number of benzene rings is 3. The number of rotatable bonds is 8. The van der Waals surface area contributed by atoms with Crippen molar-refractivity contribution in [3.05, 3.63) is 71.8 Å². The number of carbonyl (C=O) groups is 1. The number of amides is 1. The number of sulfonamides is 1. The van der Waals surface area contributed by atoms with Gasteiger partial charge in [-0.1, -0.05) is 18.2 Å². The van der Waals surface area contributed by atoms with E-state index in [-0.39, 0.29) is 35.2 Å². The van der Waals surface area contributed by atoms with Crippen molar-refractivity contribution < 1.29 is 32.2 Å². The molecule has 0 unspecified atom stereocenters. The Kier molecular flexibility index (Phi) is 6.27. The molecule has 172 valence electrons. The van der Waals surface area contributed by atoms with E-state index in [0.29, 0.717) is 17.2 Å². The summed E-state index contributed by atoms with van der Waals surface area (Å²) in [4.78, 5) is 12.8. The van der Waals surface area contributed by atoms with Crippen LogP contribution in [-0.2, 0) is 16.6 Å². The number of carbonyl (C=O) groups excluding carboxylic acids is 1. The van der Waals surface area contributed by atoms with Gasteiger partial charge in [-0.15, -0.1) is 0 Å². The fourth-order valence-corrected chi connectivity index (χ4v) is 4.53. The standard InChI is InChI=1S/C23H22N2O7S/c1-29-16-8-10-22(21(12-16)30-2)33(27,28)25-18-6-4-3-5-17(18)23(26)24-13-15-7-9-19-20(11-15)32-14-31-19/h3-12,25H,13-14H2,1-2H3,(H,24,26). The van der Waals surface area contributed by atoms with Crippen LogP contribution in [0.5, 0.6) is 23.0 Å². The van der Waals surface area contributed by atoms with Crippen LogP contribution in [0.4, 0.5) is 5.69 Å². The Morgan fingerprint density at radius 3 is 2.55 bits per heavy atom. The quantitative estimate of drug-likeness (QED) is 0.520. The molecule has 0 saturated heterocycles. The van der Waals surface area contributed by atoms with Crippen molar-refractivity contribution in [3.63, 3.8) is 0 Å². The van der Waals surface area contributed by atoms with E-state index >= 15 is 0 Å². The molecule has 0 atom stereocenters. The van der Waals surface area contributed by atoms with Gasteiger partial charge in [-0.2, -0.15) is 0 Å². The van der Waals surface area contributed by atoms with Gasteiger partial charge in [0.1, 0.15) is 16.4 Å². The molecule has 0 aliphatic carbocycles. The molecule has 2 N–H and O–H groups in total. The second-order valence-corrected chi connectivity index (χ2v) is 8.69. The SMILES string of the molecule is COc1ccc(S(=O)(=O)Nc2ccccc2C(=O)NCc2ccc3c(c2)OCO3)c(OC)c1. The van der Waals surface area contributed by atoms with Gasteiger partial charge in [0.2, 0.25) is 6.79 Å². The summed E-state index contributed by atoms with van der Waals surface area (Å²) in [6.07, 6.45) is 0. The first-order chi connectivity index (χ1) is 15.9. The van der Waals surface area contributed by atoms with Gasteiger partial charge in [-0.3, -0.25) is 9.52 Å². The molecule has 4 rings (SSSR count). The minimum absolute atomic E-state index is 0.0821. The summed E-state index contributed by atoms with van der Waals surface area (Å²) < 4.78 is 49.6. The second kappa shape index (κ2) is 9.29. The molecule has 0 radical (unpaired) electrons. The highest BCUT2D eigenvalue weighted by Crippen LogP contribution is 2.33. The highest BCUT2D eigenvalue weighted by molar-refractivity contribution is 7.92. The van der Waals surface area contributed by atoms with E-state index in [4.69, 9.17) is 18.9 Å². The Labute approximate surface area is 191 Å². The number of nitrogens with one attached hydrogen (secondary N) is 2. The second-order valence-electron chi connectivity index (χ2n) is 7.04. The van der Waals surface area contributed by atoms with Gasteiger partial charge in [0.25, 0.3) is 15.9 Å². The maximum absolute atomic E-state index is 13.1. The summed E-state index contributed by atoms with van der Waals surface area (Å²) in [5, 5.41) is 2.80. The summed E-state index contributed by atoms with van der Waals surface area (Å²) in [5.74, 6) is 1.40. The van der Waals surface area contributed by atoms with Crippen molar-refractivity contribution in [3.8, 4) is 23.0 Å². The fourth-order valence-electron chi connectivity index (χ4n) is 3.30. The number of methoxy groups -OCH3 is 2. The molecule has 3 aromatic carbocycles. The molecule has 1 aliphatic heterocycles. The Morgan fingerprint density at radius 2 is 1.76 bits per heavy atom. The number of hydrogen-bond donors (Lipinski definition) is 2. The van der Waals surface area contributed by atoms with Gasteiger partial charge in [0.15, 0.2) is 11.5 Å². The highest BCUT2D eigenvalue weighted by atomic mass is 32.2. The zero-order chi connectivity index (χ0) is 23.4. The van der Waals surface area contributed by atoms with Crippen LogP contribution in [0.3, 0.4) is 0 Å². The van der Waals surface area contributed by atoms with Gasteiger partial charge in [-0.05, 0) is 42.0 Å². The van der Waals surface area contributed by atoms with Crippen molar-refractivity contribution in [2.45, 2.75) is 11.4 Å². The largest absolute Gasteiger partial charge is 0.497 e. The molecule has 1 aliphatic rings. The molecule has 10 heteroatoms. The molecule has 0 aromatic heterocycles. The molecule has 33 heavy (non-hydrogen) atoms. The average molecular weight is 471 g/mol. The minimum Gasteiger partial charge on any atom is -0.497 e. The van der Waals surface area contributed by atoms with Crippen molar-refractivity contribution in [2.75, 3.05) is 25.7 Å². The Bertz CT molecular complexity index is 1290. The van der Waals surface area contributed by atoms with Crippen molar-refractivity contribution in [2.24, 2.45) is 0 Å². The summed E-state index contributed by atoms with van der Waals surface area (Å²) >= 11 is 0. The van der Waals surface area contributed by atoms with Crippen molar-refractivity contribution >= 4 is 21.6 Å². The molecule has 0 spiro atoms. The maximum Gasteiger partial charge on any atom is 0.265 e. The maximum atomic E-state index is 13.1. The number of anilines is 1. The fraction of sp³-hybridized carbons (Fsp3) is 0.174. The molecule has 0 fully saturated rings. The monoisotopic (exact) mass is 470 g/mol. The highest BCUT2D eigenvalue weighted by Gasteiger charge is 2.23. The van der Waals surface area contributed by atoms with Gasteiger partial charge in [0.05, 0.1) is 25.5 Å². The average Bonchev–Trinajstić information content (AvgIpc) is 3.30. The third-order valence-corrected chi connectivity index (χ3v) is 6.37. The predicted octanol–water partition coefficient (Wildman–Crippen LogP) is 3.16. The zero-order valence-corrected chi connectivity index (χ0v) is 18.8. The molecule has 0 bridgehead atoms. The smallest absolute Gasteiger partial charge is 0.265 e. The third kappa shape index (κ3) is 4.80. The van der Waals surface area contributed by atoms with Gasteiger partial charge in [0, 0.05) is 12.6 Å². The van der Waals surface area contributed by atoms with E-state index < -0.39 is 15.9 Å². The lowest BCUT2D eigenvalue weighted by molar-refractivity contribution is 0.0951. The summed E-state index contributed by atoms with van der Waals surface area (Å²) in [5.41, 5.74) is 1.13. The molecule has 3 aromatic rings. The van der Waals surface area contributed by atoms with Crippen LogP contribution in [0, 0.1) is 0 Å². The minimum atomic E-state index is -4.05. The van der Waals surface area contributed by atoms with Crippen molar-refractivity contribution in [1.29, 1.82) is 0 Å². The van der Waals surface area contributed by atoms with Crippen LogP contribution < -0.4 is 29.0 Å². The zero-order valence-electron chi connectivity index (χ0n) is 18.0. The van der Waals surface area contributed by atoms with Crippen LogP contribution >= 0.6 is 0 Å². The Balaban J connectivity index is 1.53. The summed E-state index contributed by atoms with van der Waals surface area (Å²) in [6.45, 7) is 0.389. The van der Waals surface area contributed by atoms with Gasteiger partial charge >= 0.3 is 0 Å². The molecule has 1 amide bonds. The molecule has 9 nitrogen and oxygen atoms in total. The summed E-state index contributed by atoms with van der Waals surface area (Å²) in [6, 6.07) is 16.1. The van der Waals surface area contributed by atoms with Crippen LogP contribution in [0.2, 0.25) is 0 Å². The predicted molar refractivity (Wildman–Crippen MR) is 121 cm³/mol. The number of para-hydroxylation sites is 1. The first-order valence-electron chi connectivity index (χ1n) is 9.92. The summed E-state index contributed by atoms with van der Waals surface area (Å²) in [7, 11) is -1.21. The van der Waals surface area contributed by atoms with E-state index in [1.54, 1.807) is 24.3 Å². The lowest BCUT2D eigenvalue weighted by Crippen LogP contribution is -2.25. The molecule has 0 saturated carbocycles. The first-order valence-corrected chi connectivity index (χ1v) is 11.4. The number of hydrogen-bond acceptors (Lipinski definition) is 7. The Hall–Kier alpha value is -3.92. The van der Waals surface area contributed by atoms with E-state index in [1.807, 2.05) is 6.07 Å². The molecular weight excluding hydrogens is 448 g/mol. The lowest BCUT2D eigenvalue weighted by atomic mass is 10.1. The topological polar surface area (TPSA) is 112 Å². The van der Waals surface area contributed by atoms with E-state index in [0.717, 1.165) is 5.56 Å². The van der Waals surface area contributed by atoms with E-state index in [1.165, 1.54) is 44.6 Å². The third-order valence-electron chi connectivity index (χ3n) is 4.97. The van der Waals surface area contributed by atoms with Gasteiger partial charge < -0.3 is 24.3 Å². The first kappa shape index (κ1) is 22.3. The van der Waals surface area contributed by atoms with E-state index in [9.17, 15) is 13.2 Å². The molecule has 1 heterocycles. The van der Waals surface area contributed by atoms with Crippen LogP contribution in [0.15, 0.2) is 65.6 Å². The van der Waals surface area contributed by atoms with E-state index in [2.05, 4.69) is 10.0 Å². The lowest BCUT2D eigenvalue weighted by Gasteiger charge is -2.15. The number of fused-ring (bicyclic) bond motifs is 1. The number of ether oxygens (including phenoxy) is 4. The van der Waals surface area contributed by atoms with Crippen molar-refractivity contribution in [1.82, 2.24) is 5.32 Å². The van der Waals surface area contributed by atoms with Gasteiger partial charge in [-0.25, -0.2) is 8.42 Å². The van der Waals surface area contributed by atoms with Crippen LogP contribution in [-0.4, -0.2) is 35.3 Å². The normalized spacial score (nSPS) is 12.2. The molecular formula is C23H22N2O7S.